The van der Waals surface area contributed by atoms with Gasteiger partial charge in [-0.25, -0.2) is 0 Å². The average Bonchev–Trinajstić information content (AvgIpc) is 3.45. The van der Waals surface area contributed by atoms with E-state index in [0.717, 1.165) is 148 Å². The van der Waals surface area contributed by atoms with Crippen molar-refractivity contribution in [2.75, 3.05) is 13.2 Å². The van der Waals surface area contributed by atoms with E-state index in [1.165, 1.54) is 83.5 Å². The number of esters is 3. The van der Waals surface area contributed by atoms with E-state index in [1.807, 2.05) is 0 Å². The second-order valence-electron chi connectivity index (χ2n) is 20.9. The van der Waals surface area contributed by atoms with Gasteiger partial charge in [-0.3, -0.25) is 14.4 Å². The zero-order valence-electron chi connectivity index (χ0n) is 51.1. The molecule has 79 heavy (non-hydrogen) atoms. The van der Waals surface area contributed by atoms with Gasteiger partial charge in [-0.15, -0.1) is 0 Å². The Labute approximate surface area is 487 Å². The molecule has 6 heteroatoms. The number of carbonyl (C=O) groups is 3. The highest BCUT2D eigenvalue weighted by atomic mass is 16.6. The molecule has 0 spiro atoms. The quantitative estimate of drug-likeness (QED) is 0.0261. The maximum atomic E-state index is 12.9. The van der Waals surface area contributed by atoms with E-state index in [1.54, 1.807) is 0 Å². The molecule has 0 aliphatic carbocycles. The molecule has 0 aromatic heterocycles. The van der Waals surface area contributed by atoms with Gasteiger partial charge in [0.25, 0.3) is 0 Å². The van der Waals surface area contributed by atoms with Crippen molar-refractivity contribution in [3.63, 3.8) is 0 Å². The normalized spacial score (nSPS) is 13.1. The Morgan fingerprint density at radius 2 is 0.456 bits per heavy atom. The first kappa shape index (κ1) is 74.3. The van der Waals surface area contributed by atoms with Gasteiger partial charge in [0.05, 0.1) is 0 Å². The van der Waals surface area contributed by atoms with Crippen LogP contribution in [0.2, 0.25) is 0 Å². The molecule has 0 amide bonds. The second kappa shape index (κ2) is 65.8. The Hall–Kier alpha value is -4.71. The highest BCUT2D eigenvalue weighted by Gasteiger charge is 2.19. The van der Waals surface area contributed by atoms with Gasteiger partial charge in [0, 0.05) is 19.3 Å². The Kier molecular flexibility index (Phi) is 61.9. The lowest BCUT2D eigenvalue weighted by molar-refractivity contribution is -0.167. The van der Waals surface area contributed by atoms with Gasteiger partial charge in [-0.1, -0.05) is 269 Å². The Morgan fingerprint density at radius 3 is 0.734 bits per heavy atom. The van der Waals surface area contributed by atoms with Crippen molar-refractivity contribution in [2.45, 2.75) is 284 Å². The maximum absolute atomic E-state index is 12.9. The van der Waals surface area contributed by atoms with Crippen LogP contribution >= 0.6 is 0 Å². The summed E-state index contributed by atoms with van der Waals surface area (Å²) in [4.78, 5) is 38.3. The highest BCUT2D eigenvalue weighted by molar-refractivity contribution is 5.71. The van der Waals surface area contributed by atoms with Crippen molar-refractivity contribution < 1.29 is 28.6 Å². The van der Waals surface area contributed by atoms with E-state index in [4.69, 9.17) is 14.2 Å². The van der Waals surface area contributed by atoms with Crippen molar-refractivity contribution in [2.24, 2.45) is 0 Å². The third-order valence-electron chi connectivity index (χ3n) is 13.3. The summed E-state index contributed by atoms with van der Waals surface area (Å²) in [5.74, 6) is -0.963. The van der Waals surface area contributed by atoms with Crippen molar-refractivity contribution >= 4 is 17.9 Å². The van der Waals surface area contributed by atoms with E-state index in [2.05, 4.69) is 167 Å². The van der Waals surface area contributed by atoms with Gasteiger partial charge >= 0.3 is 17.9 Å². The first-order valence-electron chi connectivity index (χ1n) is 32.3. The SMILES string of the molecule is CC/C=C\C/C=C\C/C=C\C/C=C\C/C=C\CCCCCCCCCCCCCCCCCC(=O)OCC(COC(=O)CCCCCCC/C=C\C/C=C\C/C=C\CC)OC(=O)CCCC/C=C\C/C=C\C/C=C\C/C=C\CC. The van der Waals surface area contributed by atoms with Crippen molar-refractivity contribution in [1.82, 2.24) is 0 Å². The fourth-order valence-electron chi connectivity index (χ4n) is 8.59. The highest BCUT2D eigenvalue weighted by Crippen LogP contribution is 2.16. The predicted octanol–water partition coefficient (Wildman–Crippen LogP) is 22.3. The summed E-state index contributed by atoms with van der Waals surface area (Å²) in [6, 6.07) is 0. The van der Waals surface area contributed by atoms with Crippen LogP contribution < -0.4 is 0 Å². The van der Waals surface area contributed by atoms with Crippen LogP contribution in [-0.4, -0.2) is 37.2 Å². The minimum Gasteiger partial charge on any atom is -0.462 e. The molecule has 1 atom stereocenters. The first-order chi connectivity index (χ1) is 39.0. The standard InChI is InChI=1S/C73H118O6/c1-4-7-10-13-16-19-22-25-28-29-30-31-32-33-34-35-36-37-38-39-40-41-42-43-46-48-51-54-57-60-63-66-72(75)78-69-70(79-73(76)67-64-61-58-55-52-49-45-27-24-21-18-15-12-9-6-3)68-77-71(74)65-62-59-56-53-50-47-44-26-23-20-17-14-11-8-5-2/h7-12,16-21,25-28,30-31,33-34,44-45,52,55,70H,4-6,13-15,22-24,29,32,35-43,46-51,53-54,56-69H2,1-3H3/b10-7-,11-8-,12-9-,19-16-,20-17-,21-18-,28-25-,31-30-,34-33-,44-26-,45-27-,55-52-. The van der Waals surface area contributed by atoms with E-state index in [-0.39, 0.29) is 37.5 Å². The Morgan fingerprint density at radius 1 is 0.253 bits per heavy atom. The fourth-order valence-corrected chi connectivity index (χ4v) is 8.59. The lowest BCUT2D eigenvalue weighted by Crippen LogP contribution is -2.30. The molecule has 0 fully saturated rings. The first-order valence-corrected chi connectivity index (χ1v) is 32.3. The molecule has 0 aliphatic rings. The van der Waals surface area contributed by atoms with Gasteiger partial charge in [0.15, 0.2) is 6.10 Å². The number of ether oxygens (including phenoxy) is 3. The molecule has 446 valence electrons. The summed E-state index contributed by atoms with van der Waals surface area (Å²) < 4.78 is 16.9. The van der Waals surface area contributed by atoms with Gasteiger partial charge in [0.1, 0.15) is 13.2 Å². The monoisotopic (exact) mass is 1090 g/mol. The molecular weight excluding hydrogens is 973 g/mol. The van der Waals surface area contributed by atoms with Crippen LogP contribution in [0.1, 0.15) is 278 Å². The second-order valence-corrected chi connectivity index (χ2v) is 20.9. The van der Waals surface area contributed by atoms with Crippen LogP contribution in [0.15, 0.2) is 146 Å². The zero-order valence-corrected chi connectivity index (χ0v) is 51.1. The molecule has 0 radical (unpaired) electrons. The van der Waals surface area contributed by atoms with Crippen LogP contribution in [0.4, 0.5) is 0 Å². The van der Waals surface area contributed by atoms with Crippen molar-refractivity contribution in [3.8, 4) is 0 Å². The van der Waals surface area contributed by atoms with Gasteiger partial charge in [-0.05, 0) is 135 Å². The van der Waals surface area contributed by atoms with Gasteiger partial charge in [0.2, 0.25) is 0 Å². The third-order valence-corrected chi connectivity index (χ3v) is 13.3. The van der Waals surface area contributed by atoms with E-state index >= 15 is 0 Å². The van der Waals surface area contributed by atoms with E-state index < -0.39 is 6.10 Å². The maximum Gasteiger partial charge on any atom is 0.306 e. The number of allylic oxidation sites excluding steroid dienone is 24. The molecule has 0 saturated heterocycles. The van der Waals surface area contributed by atoms with Crippen LogP contribution in [0, 0.1) is 0 Å². The van der Waals surface area contributed by atoms with Crippen molar-refractivity contribution in [3.05, 3.63) is 146 Å². The minimum atomic E-state index is -0.813. The molecule has 0 rings (SSSR count). The average molecular weight is 1090 g/mol. The Bertz CT molecular complexity index is 1730. The van der Waals surface area contributed by atoms with Crippen LogP contribution in [0.5, 0.6) is 0 Å². The van der Waals surface area contributed by atoms with E-state index in [0.29, 0.717) is 19.3 Å². The summed E-state index contributed by atoms with van der Waals surface area (Å²) in [6.45, 7) is 6.25. The molecule has 0 heterocycles. The predicted molar refractivity (Wildman–Crippen MR) is 343 cm³/mol. The van der Waals surface area contributed by atoms with Crippen LogP contribution in [-0.2, 0) is 28.6 Å². The largest absolute Gasteiger partial charge is 0.462 e. The summed E-state index contributed by atoms with van der Waals surface area (Å²) in [6.07, 6.45) is 94.4. The molecule has 0 N–H and O–H groups in total. The lowest BCUT2D eigenvalue weighted by atomic mass is 10.0. The summed E-state index contributed by atoms with van der Waals surface area (Å²) >= 11 is 0. The minimum absolute atomic E-state index is 0.104. The number of carbonyl (C=O) groups excluding carboxylic acids is 3. The zero-order chi connectivity index (χ0) is 57.1. The summed E-state index contributed by atoms with van der Waals surface area (Å²) in [5.41, 5.74) is 0. The lowest BCUT2D eigenvalue weighted by Gasteiger charge is -2.18. The molecule has 0 aliphatic heterocycles. The molecule has 0 saturated carbocycles. The number of hydrogen-bond donors (Lipinski definition) is 0. The van der Waals surface area contributed by atoms with Gasteiger partial charge in [-0.2, -0.15) is 0 Å². The van der Waals surface area contributed by atoms with Crippen LogP contribution in [0.3, 0.4) is 0 Å². The van der Waals surface area contributed by atoms with Crippen LogP contribution in [0.25, 0.3) is 0 Å². The topological polar surface area (TPSA) is 78.9 Å². The number of unbranched alkanes of at least 4 members (excludes halogenated alkanes) is 22. The third kappa shape index (κ3) is 64.0. The fraction of sp³-hybridized carbons (Fsp3) is 0.630. The van der Waals surface area contributed by atoms with E-state index in [9.17, 15) is 14.4 Å². The Balaban J connectivity index is 4.28. The molecule has 0 aromatic carbocycles. The van der Waals surface area contributed by atoms with Crippen molar-refractivity contribution in [1.29, 1.82) is 0 Å². The number of hydrogen-bond acceptors (Lipinski definition) is 6. The summed E-state index contributed by atoms with van der Waals surface area (Å²) in [7, 11) is 0. The summed E-state index contributed by atoms with van der Waals surface area (Å²) in [5, 5.41) is 0. The number of rotatable bonds is 57. The molecule has 6 nitrogen and oxygen atoms in total. The van der Waals surface area contributed by atoms with Gasteiger partial charge < -0.3 is 14.2 Å². The molecule has 0 bridgehead atoms. The molecule has 0 aromatic rings. The smallest absolute Gasteiger partial charge is 0.306 e. The molecular formula is C73H118O6. The molecule has 1 unspecified atom stereocenters.